The molecule has 0 saturated carbocycles. The Kier molecular flexibility index (Phi) is 5.26. The summed E-state index contributed by atoms with van der Waals surface area (Å²) in [5.41, 5.74) is 5.99. The third kappa shape index (κ3) is 5.26. The number of primary amides is 1. The van der Waals surface area contributed by atoms with Crippen LogP contribution >= 0.6 is 0 Å². The summed E-state index contributed by atoms with van der Waals surface area (Å²) in [6.07, 6.45) is 0.204. The molecular formula is C11H16N2O4S. The van der Waals surface area contributed by atoms with E-state index in [0.29, 0.717) is 0 Å². The van der Waals surface area contributed by atoms with Crippen molar-refractivity contribution in [2.75, 3.05) is 12.3 Å². The largest absolute Gasteiger partial charge is 0.368 e. The maximum Gasteiger partial charge on any atom is 0.264 e. The maximum absolute atomic E-state index is 11.3. The van der Waals surface area contributed by atoms with Gasteiger partial charge in [-0.1, -0.05) is 30.3 Å². The van der Waals surface area contributed by atoms with Gasteiger partial charge in [-0.15, -0.1) is 0 Å². The summed E-state index contributed by atoms with van der Waals surface area (Å²) in [7, 11) is -3.96. The molecule has 0 bridgehead atoms. The minimum Gasteiger partial charge on any atom is -0.368 e. The van der Waals surface area contributed by atoms with Crippen molar-refractivity contribution in [3.8, 4) is 0 Å². The van der Waals surface area contributed by atoms with Crippen molar-refractivity contribution in [1.29, 1.82) is 0 Å². The van der Waals surface area contributed by atoms with Gasteiger partial charge in [0, 0.05) is 0 Å². The molecule has 0 radical (unpaired) electrons. The molecule has 4 N–H and O–H groups in total. The van der Waals surface area contributed by atoms with E-state index >= 15 is 0 Å². The third-order valence-corrected chi connectivity index (χ3v) is 3.15. The second-order valence-corrected chi connectivity index (χ2v) is 5.41. The first kappa shape index (κ1) is 14.6. The van der Waals surface area contributed by atoms with Gasteiger partial charge in [-0.2, -0.15) is 8.42 Å². The van der Waals surface area contributed by atoms with Crippen LogP contribution in [0.25, 0.3) is 0 Å². The highest BCUT2D eigenvalue weighted by molar-refractivity contribution is 7.85. The summed E-state index contributed by atoms with van der Waals surface area (Å²) in [6.45, 7) is 0.266. The number of benzene rings is 1. The highest BCUT2D eigenvalue weighted by atomic mass is 32.2. The third-order valence-electron chi connectivity index (χ3n) is 2.34. The molecule has 1 aromatic carbocycles. The Balaban J connectivity index is 2.53. The van der Waals surface area contributed by atoms with Crippen LogP contribution in [0.1, 0.15) is 18.0 Å². The van der Waals surface area contributed by atoms with Gasteiger partial charge in [0.15, 0.2) is 0 Å². The van der Waals surface area contributed by atoms with Gasteiger partial charge in [0.05, 0.1) is 5.75 Å². The van der Waals surface area contributed by atoms with Gasteiger partial charge in [-0.05, 0) is 18.5 Å². The predicted octanol–water partition coefficient (Wildman–Crippen LogP) is 0.0805. The van der Waals surface area contributed by atoms with E-state index in [4.69, 9.17) is 10.3 Å². The lowest BCUT2D eigenvalue weighted by molar-refractivity contribution is -0.120. The van der Waals surface area contributed by atoms with Gasteiger partial charge in [0.2, 0.25) is 5.91 Å². The van der Waals surface area contributed by atoms with E-state index in [2.05, 4.69) is 5.32 Å². The SMILES string of the molecule is NC(=O)[C@H](NCCCS(=O)(=O)O)c1ccccc1. The molecule has 0 aromatic heterocycles. The summed E-state index contributed by atoms with van der Waals surface area (Å²) in [6, 6.07) is 8.24. The molecule has 1 rings (SSSR count). The van der Waals surface area contributed by atoms with Gasteiger partial charge < -0.3 is 11.1 Å². The van der Waals surface area contributed by atoms with Crippen LogP contribution in [0.2, 0.25) is 0 Å². The maximum atomic E-state index is 11.3. The van der Waals surface area contributed by atoms with E-state index in [0.717, 1.165) is 5.56 Å². The second-order valence-electron chi connectivity index (χ2n) is 3.84. The monoisotopic (exact) mass is 272 g/mol. The first-order valence-electron chi connectivity index (χ1n) is 5.43. The number of amides is 1. The number of carbonyl (C=O) groups excluding carboxylic acids is 1. The van der Waals surface area contributed by atoms with Crippen LogP contribution < -0.4 is 11.1 Å². The van der Waals surface area contributed by atoms with E-state index in [-0.39, 0.29) is 18.7 Å². The van der Waals surface area contributed by atoms with E-state index in [1.807, 2.05) is 6.07 Å². The second kappa shape index (κ2) is 6.48. The van der Waals surface area contributed by atoms with E-state index in [1.165, 1.54) is 0 Å². The Bertz CT molecular complexity index is 487. The molecule has 1 amide bonds. The lowest BCUT2D eigenvalue weighted by atomic mass is 10.1. The molecule has 18 heavy (non-hydrogen) atoms. The number of nitrogens with two attached hydrogens (primary N) is 1. The smallest absolute Gasteiger partial charge is 0.264 e. The van der Waals surface area contributed by atoms with Gasteiger partial charge in [-0.25, -0.2) is 0 Å². The van der Waals surface area contributed by atoms with Crippen molar-refractivity contribution in [3.05, 3.63) is 35.9 Å². The van der Waals surface area contributed by atoms with Crippen LogP contribution in [0.15, 0.2) is 30.3 Å². The normalized spacial score (nSPS) is 13.2. The van der Waals surface area contributed by atoms with Crippen molar-refractivity contribution < 1.29 is 17.8 Å². The van der Waals surface area contributed by atoms with Crippen LogP contribution in [0.5, 0.6) is 0 Å². The molecule has 0 spiro atoms. The molecule has 0 unspecified atom stereocenters. The number of hydrogen-bond donors (Lipinski definition) is 3. The molecule has 7 heteroatoms. The van der Waals surface area contributed by atoms with Crippen molar-refractivity contribution in [3.63, 3.8) is 0 Å². The van der Waals surface area contributed by atoms with Crippen molar-refractivity contribution in [2.24, 2.45) is 5.73 Å². The summed E-state index contributed by atoms with van der Waals surface area (Å²) in [4.78, 5) is 11.3. The Morgan fingerprint density at radius 3 is 2.44 bits per heavy atom. The molecule has 0 heterocycles. The zero-order valence-electron chi connectivity index (χ0n) is 9.74. The average Bonchev–Trinajstić information content (AvgIpc) is 2.28. The highest BCUT2D eigenvalue weighted by Gasteiger charge is 2.16. The number of hydrogen-bond acceptors (Lipinski definition) is 4. The predicted molar refractivity (Wildman–Crippen MR) is 67.4 cm³/mol. The van der Waals surface area contributed by atoms with Crippen LogP contribution in [0.4, 0.5) is 0 Å². The lowest BCUT2D eigenvalue weighted by Crippen LogP contribution is -2.34. The molecular weight excluding hydrogens is 256 g/mol. The van der Waals surface area contributed by atoms with Gasteiger partial charge >= 0.3 is 0 Å². The average molecular weight is 272 g/mol. The minimum atomic E-state index is -3.96. The van der Waals surface area contributed by atoms with Gasteiger partial charge in [-0.3, -0.25) is 9.35 Å². The Morgan fingerprint density at radius 1 is 1.33 bits per heavy atom. The molecule has 0 saturated heterocycles. The number of carbonyl (C=O) groups is 1. The van der Waals surface area contributed by atoms with Crippen LogP contribution in [0.3, 0.4) is 0 Å². The Hall–Kier alpha value is -1.44. The molecule has 0 fully saturated rings. The summed E-state index contributed by atoms with van der Waals surface area (Å²) in [5.74, 6) is -0.881. The quantitative estimate of drug-likeness (QED) is 0.481. The van der Waals surface area contributed by atoms with E-state index < -0.39 is 22.1 Å². The summed E-state index contributed by atoms with van der Waals surface area (Å²) in [5, 5.41) is 2.86. The molecule has 0 aliphatic rings. The lowest BCUT2D eigenvalue weighted by Gasteiger charge is -2.15. The molecule has 1 aromatic rings. The topological polar surface area (TPSA) is 109 Å². The first-order valence-corrected chi connectivity index (χ1v) is 7.04. The van der Waals surface area contributed by atoms with Crippen molar-refractivity contribution in [1.82, 2.24) is 5.32 Å². The van der Waals surface area contributed by atoms with Gasteiger partial charge in [0.1, 0.15) is 6.04 Å². The zero-order valence-corrected chi connectivity index (χ0v) is 10.6. The van der Waals surface area contributed by atoms with Crippen molar-refractivity contribution in [2.45, 2.75) is 12.5 Å². The first-order chi connectivity index (χ1) is 8.40. The van der Waals surface area contributed by atoms with E-state index in [1.54, 1.807) is 24.3 Å². The summed E-state index contributed by atoms with van der Waals surface area (Å²) >= 11 is 0. The van der Waals surface area contributed by atoms with Crippen molar-refractivity contribution >= 4 is 16.0 Å². The molecule has 100 valence electrons. The van der Waals surface area contributed by atoms with Crippen LogP contribution in [0, 0.1) is 0 Å². The fourth-order valence-electron chi connectivity index (χ4n) is 1.53. The van der Waals surface area contributed by atoms with Crippen LogP contribution in [-0.4, -0.2) is 31.2 Å². The Labute approximate surface area is 106 Å². The molecule has 6 nitrogen and oxygen atoms in total. The van der Waals surface area contributed by atoms with Crippen LogP contribution in [-0.2, 0) is 14.9 Å². The Morgan fingerprint density at radius 2 is 1.94 bits per heavy atom. The summed E-state index contributed by atoms with van der Waals surface area (Å²) < 4.78 is 29.6. The fraction of sp³-hybridized carbons (Fsp3) is 0.364. The number of nitrogens with one attached hydrogen (secondary N) is 1. The molecule has 0 aliphatic carbocycles. The fourth-order valence-corrected chi connectivity index (χ4v) is 2.04. The molecule has 1 atom stereocenters. The van der Waals surface area contributed by atoms with E-state index in [9.17, 15) is 13.2 Å². The molecule has 0 aliphatic heterocycles. The zero-order chi connectivity index (χ0) is 13.6. The number of rotatable bonds is 7. The standard InChI is InChI=1S/C11H16N2O4S/c12-11(14)10(9-5-2-1-3-6-9)13-7-4-8-18(15,16)17/h1-3,5-6,10,13H,4,7-8H2,(H2,12,14)(H,15,16,17)/t10-/m1/s1. The highest BCUT2D eigenvalue weighted by Crippen LogP contribution is 2.11. The van der Waals surface area contributed by atoms with Gasteiger partial charge in [0.25, 0.3) is 10.1 Å². The minimum absolute atomic E-state index is 0.204.